The average molecular weight is 561 g/mol. The number of anilines is 1. The molecule has 0 aromatic heterocycles. The van der Waals surface area contributed by atoms with Gasteiger partial charge in [-0.05, 0) is 65.6 Å². The number of amides is 1. The summed E-state index contributed by atoms with van der Waals surface area (Å²) in [5.41, 5.74) is 4.23. The molecule has 1 aliphatic heterocycles. The largest absolute Gasteiger partial charge is 0.493 e. The SMILES string of the molecule is COc1cc(C2C3=C(CC(C)(C)CC3=O)N(C)C3=C2C(=O)CC(C)(C)C3)ccc1OCC(=O)Nc1ccc(F)cc1. The summed E-state index contributed by atoms with van der Waals surface area (Å²) in [5.74, 6) is -0.414. The molecule has 8 heteroatoms. The number of benzene rings is 2. The second-order valence-corrected chi connectivity index (χ2v) is 12.8. The van der Waals surface area contributed by atoms with E-state index in [1.54, 1.807) is 12.1 Å². The topological polar surface area (TPSA) is 84.9 Å². The van der Waals surface area contributed by atoms with Gasteiger partial charge in [0.1, 0.15) is 5.82 Å². The number of nitrogens with one attached hydrogen (secondary N) is 1. The van der Waals surface area contributed by atoms with Crippen LogP contribution in [0.3, 0.4) is 0 Å². The number of Topliss-reactive ketones (excluding diaryl/α,β-unsaturated/α-hetero) is 2. The Morgan fingerprint density at radius 2 is 1.46 bits per heavy atom. The Hall–Kier alpha value is -3.94. The number of halogens is 1. The number of rotatable bonds is 6. The van der Waals surface area contributed by atoms with Gasteiger partial charge in [0.2, 0.25) is 0 Å². The summed E-state index contributed by atoms with van der Waals surface area (Å²) >= 11 is 0. The number of carbonyl (C=O) groups is 3. The normalized spacial score (nSPS) is 20.0. The maximum absolute atomic E-state index is 13.7. The number of nitrogens with zero attached hydrogens (tertiary/aromatic N) is 1. The molecule has 2 aromatic rings. The van der Waals surface area contributed by atoms with Crippen molar-refractivity contribution in [2.24, 2.45) is 10.8 Å². The number of methoxy groups -OCH3 is 1. The maximum atomic E-state index is 13.7. The van der Waals surface area contributed by atoms with Crippen LogP contribution in [0.25, 0.3) is 0 Å². The van der Waals surface area contributed by atoms with Crippen molar-refractivity contribution in [3.8, 4) is 11.5 Å². The molecule has 2 aliphatic carbocycles. The molecule has 5 rings (SSSR count). The number of hydrogen-bond acceptors (Lipinski definition) is 6. The van der Waals surface area contributed by atoms with Gasteiger partial charge in [0.05, 0.1) is 7.11 Å². The van der Waals surface area contributed by atoms with Crippen molar-refractivity contribution in [1.82, 2.24) is 4.90 Å². The Morgan fingerprint density at radius 1 is 0.902 bits per heavy atom. The smallest absolute Gasteiger partial charge is 0.262 e. The van der Waals surface area contributed by atoms with E-state index in [9.17, 15) is 18.8 Å². The third-order valence-corrected chi connectivity index (χ3v) is 8.19. The van der Waals surface area contributed by atoms with Crippen LogP contribution in [0.1, 0.15) is 64.9 Å². The monoisotopic (exact) mass is 560 g/mol. The first-order valence-corrected chi connectivity index (χ1v) is 13.9. The van der Waals surface area contributed by atoms with Gasteiger partial charge in [0.25, 0.3) is 5.91 Å². The Kier molecular flexibility index (Phi) is 7.30. The van der Waals surface area contributed by atoms with Crippen LogP contribution >= 0.6 is 0 Å². The summed E-state index contributed by atoms with van der Waals surface area (Å²) in [6, 6.07) is 10.8. The van der Waals surface area contributed by atoms with Gasteiger partial charge < -0.3 is 19.7 Å². The van der Waals surface area contributed by atoms with Gasteiger partial charge in [-0.2, -0.15) is 0 Å². The minimum absolute atomic E-state index is 0.0639. The van der Waals surface area contributed by atoms with Crippen molar-refractivity contribution < 1.29 is 28.2 Å². The lowest BCUT2D eigenvalue weighted by molar-refractivity contribution is -0.120. The van der Waals surface area contributed by atoms with Crippen molar-refractivity contribution in [2.45, 2.75) is 59.3 Å². The van der Waals surface area contributed by atoms with Crippen molar-refractivity contribution in [3.63, 3.8) is 0 Å². The first-order chi connectivity index (χ1) is 19.3. The third kappa shape index (κ3) is 5.65. The molecular formula is C33H37FN2O5. The fourth-order valence-corrected chi connectivity index (χ4v) is 6.35. The highest BCUT2D eigenvalue weighted by molar-refractivity contribution is 6.06. The van der Waals surface area contributed by atoms with Crippen LogP contribution in [-0.2, 0) is 14.4 Å². The summed E-state index contributed by atoms with van der Waals surface area (Å²) in [6.07, 6.45) is 2.32. The number of ketones is 2. The molecule has 0 saturated carbocycles. The second kappa shape index (κ2) is 10.5. The summed E-state index contributed by atoms with van der Waals surface area (Å²) < 4.78 is 24.6. The predicted molar refractivity (Wildman–Crippen MR) is 154 cm³/mol. The average Bonchev–Trinajstić information content (AvgIpc) is 2.89. The maximum Gasteiger partial charge on any atom is 0.262 e. The highest BCUT2D eigenvalue weighted by atomic mass is 19.1. The van der Waals surface area contributed by atoms with Gasteiger partial charge in [-0.15, -0.1) is 0 Å². The van der Waals surface area contributed by atoms with E-state index in [0.717, 1.165) is 29.8 Å². The summed E-state index contributed by atoms with van der Waals surface area (Å²) in [6.45, 7) is 8.15. The van der Waals surface area contributed by atoms with Gasteiger partial charge in [-0.25, -0.2) is 4.39 Å². The van der Waals surface area contributed by atoms with Crippen molar-refractivity contribution >= 4 is 23.2 Å². The fraction of sp³-hybridized carbons (Fsp3) is 0.424. The third-order valence-electron chi connectivity index (χ3n) is 8.19. The molecule has 0 fully saturated rings. The lowest BCUT2D eigenvalue weighted by Crippen LogP contribution is -2.43. The molecule has 0 unspecified atom stereocenters. The van der Waals surface area contributed by atoms with Crippen LogP contribution < -0.4 is 14.8 Å². The molecule has 3 aliphatic rings. The van der Waals surface area contributed by atoms with Gasteiger partial charge in [-0.3, -0.25) is 14.4 Å². The van der Waals surface area contributed by atoms with Crippen molar-refractivity contribution in [1.29, 1.82) is 0 Å². The molecule has 0 bridgehead atoms. The van der Waals surface area contributed by atoms with Crippen LogP contribution in [0.15, 0.2) is 65.0 Å². The minimum atomic E-state index is -0.492. The Bertz CT molecular complexity index is 1430. The van der Waals surface area contributed by atoms with E-state index in [1.165, 1.54) is 31.4 Å². The molecule has 0 spiro atoms. The minimum Gasteiger partial charge on any atom is -0.493 e. The molecule has 41 heavy (non-hydrogen) atoms. The van der Waals surface area contributed by atoms with Crippen LogP contribution in [0.4, 0.5) is 10.1 Å². The predicted octanol–water partition coefficient (Wildman–Crippen LogP) is 6.17. The molecular weight excluding hydrogens is 523 g/mol. The Morgan fingerprint density at radius 3 is 2.00 bits per heavy atom. The van der Waals surface area contributed by atoms with Gasteiger partial charge in [-0.1, -0.05) is 33.8 Å². The number of carbonyl (C=O) groups excluding carboxylic acids is 3. The Balaban J connectivity index is 1.49. The van der Waals surface area contributed by atoms with Crippen molar-refractivity contribution in [3.05, 3.63) is 76.4 Å². The molecule has 0 atom stereocenters. The molecule has 0 saturated heterocycles. The number of allylic oxidation sites excluding steroid dienone is 4. The van der Waals surface area contributed by atoms with E-state index in [-0.39, 0.29) is 29.0 Å². The van der Waals surface area contributed by atoms with E-state index in [1.807, 2.05) is 13.1 Å². The summed E-state index contributed by atoms with van der Waals surface area (Å²) in [4.78, 5) is 42.0. The molecule has 0 radical (unpaired) electrons. The van der Waals surface area contributed by atoms with E-state index in [2.05, 4.69) is 37.9 Å². The fourth-order valence-electron chi connectivity index (χ4n) is 6.35. The van der Waals surface area contributed by atoms with E-state index in [4.69, 9.17) is 9.47 Å². The van der Waals surface area contributed by atoms with Crippen molar-refractivity contribution in [2.75, 3.05) is 26.1 Å². The van der Waals surface area contributed by atoms with E-state index in [0.29, 0.717) is 41.2 Å². The highest BCUT2D eigenvalue weighted by Gasteiger charge is 2.48. The summed E-state index contributed by atoms with van der Waals surface area (Å²) in [5, 5.41) is 2.67. The van der Waals surface area contributed by atoms with Crippen LogP contribution in [-0.4, -0.2) is 43.1 Å². The first-order valence-electron chi connectivity index (χ1n) is 13.9. The standard InChI is InChI=1S/C33H37FN2O5/c1-32(2)14-22-30(24(37)16-32)29(31-23(36(22)5)15-33(3,4)17-25(31)38)19-7-12-26(27(13-19)40-6)41-18-28(39)35-21-10-8-20(34)9-11-21/h7-13,29H,14-18H2,1-6H3,(H,35,39). The summed E-state index contributed by atoms with van der Waals surface area (Å²) in [7, 11) is 3.50. The lowest BCUT2D eigenvalue weighted by atomic mass is 9.64. The zero-order valence-electron chi connectivity index (χ0n) is 24.5. The Labute approximate surface area is 240 Å². The van der Waals surface area contributed by atoms with Gasteiger partial charge in [0, 0.05) is 54.0 Å². The molecule has 216 valence electrons. The molecule has 7 nitrogen and oxygen atoms in total. The zero-order chi connectivity index (χ0) is 29.7. The lowest BCUT2D eigenvalue weighted by Gasteiger charge is -2.47. The highest BCUT2D eigenvalue weighted by Crippen LogP contribution is 2.54. The van der Waals surface area contributed by atoms with Crippen LogP contribution in [0.2, 0.25) is 0 Å². The molecule has 2 aromatic carbocycles. The van der Waals surface area contributed by atoms with E-state index < -0.39 is 17.6 Å². The van der Waals surface area contributed by atoms with E-state index >= 15 is 0 Å². The van der Waals surface area contributed by atoms with Gasteiger partial charge in [0.15, 0.2) is 29.7 Å². The van der Waals surface area contributed by atoms with Gasteiger partial charge >= 0.3 is 0 Å². The number of ether oxygens (including phenoxy) is 2. The molecule has 1 amide bonds. The quantitative estimate of drug-likeness (QED) is 0.455. The zero-order valence-corrected chi connectivity index (χ0v) is 24.5. The number of hydrogen-bond donors (Lipinski definition) is 1. The molecule has 1 N–H and O–H groups in total. The van der Waals surface area contributed by atoms with Crippen LogP contribution in [0, 0.1) is 16.6 Å². The van der Waals surface area contributed by atoms with Crippen LogP contribution in [0.5, 0.6) is 11.5 Å². The second-order valence-electron chi connectivity index (χ2n) is 12.8. The first kappa shape index (κ1) is 28.6. The molecule has 1 heterocycles.